The molecule has 1 aromatic rings. The van der Waals surface area contributed by atoms with Gasteiger partial charge in [-0.15, -0.1) is 0 Å². The van der Waals surface area contributed by atoms with Gasteiger partial charge in [0.1, 0.15) is 11.8 Å². The van der Waals surface area contributed by atoms with Crippen LogP contribution in [0.1, 0.15) is 24.4 Å². The van der Waals surface area contributed by atoms with E-state index in [4.69, 9.17) is 9.47 Å². The molecule has 1 saturated heterocycles. The number of ether oxygens (including phenoxy) is 2. The van der Waals surface area contributed by atoms with Crippen molar-refractivity contribution in [1.82, 2.24) is 4.90 Å². The number of likely N-dealkylation sites (tertiary alicyclic amines) is 1. The first-order valence-corrected chi connectivity index (χ1v) is 7.47. The number of carbonyl (C=O) groups is 1. The number of nitrogens with zero attached hydrogens (tertiary/aromatic N) is 1. The molecule has 0 radical (unpaired) electrons. The van der Waals surface area contributed by atoms with Gasteiger partial charge in [0.05, 0.1) is 7.11 Å². The zero-order chi connectivity index (χ0) is 18.0. The average Bonchev–Trinajstić information content (AvgIpc) is 2.54. The van der Waals surface area contributed by atoms with Gasteiger partial charge >= 0.3 is 12.1 Å². The minimum atomic E-state index is -4.48. The SMILES string of the molecule is COc1cccc(C(C(=O)O)N2CCC(OC)(C(F)(F)F)CC2)c1. The van der Waals surface area contributed by atoms with Crippen LogP contribution in [-0.4, -0.2) is 55.1 Å². The highest BCUT2D eigenvalue weighted by molar-refractivity contribution is 5.75. The van der Waals surface area contributed by atoms with Crippen molar-refractivity contribution in [2.75, 3.05) is 27.3 Å². The van der Waals surface area contributed by atoms with Gasteiger partial charge in [-0.3, -0.25) is 9.69 Å². The number of carboxylic acids is 1. The van der Waals surface area contributed by atoms with Crippen molar-refractivity contribution in [3.8, 4) is 5.75 Å². The van der Waals surface area contributed by atoms with E-state index < -0.39 is 23.8 Å². The summed E-state index contributed by atoms with van der Waals surface area (Å²) in [4.78, 5) is 13.2. The van der Waals surface area contributed by atoms with Gasteiger partial charge < -0.3 is 14.6 Å². The first-order chi connectivity index (χ1) is 11.2. The number of carboxylic acid groups (broad SMARTS) is 1. The van der Waals surface area contributed by atoms with Crippen LogP contribution in [0.25, 0.3) is 0 Å². The van der Waals surface area contributed by atoms with E-state index in [0.717, 1.165) is 7.11 Å². The fraction of sp³-hybridized carbons (Fsp3) is 0.562. The van der Waals surface area contributed by atoms with Gasteiger partial charge in [0.15, 0.2) is 5.60 Å². The molecule has 1 atom stereocenters. The lowest BCUT2D eigenvalue weighted by Gasteiger charge is -2.43. The average molecular weight is 347 g/mol. The van der Waals surface area contributed by atoms with E-state index in [0.29, 0.717) is 11.3 Å². The summed E-state index contributed by atoms with van der Waals surface area (Å²) >= 11 is 0. The van der Waals surface area contributed by atoms with Gasteiger partial charge in [-0.2, -0.15) is 13.2 Å². The number of methoxy groups -OCH3 is 2. The van der Waals surface area contributed by atoms with Crippen LogP contribution >= 0.6 is 0 Å². The van der Waals surface area contributed by atoms with Crippen molar-refractivity contribution in [2.45, 2.75) is 30.7 Å². The van der Waals surface area contributed by atoms with Gasteiger partial charge in [0, 0.05) is 20.2 Å². The molecule has 1 aromatic carbocycles. The molecule has 134 valence electrons. The second-order valence-electron chi connectivity index (χ2n) is 5.75. The number of alkyl halides is 3. The van der Waals surface area contributed by atoms with Crippen LogP contribution in [0.2, 0.25) is 0 Å². The van der Waals surface area contributed by atoms with Gasteiger partial charge in [-0.05, 0) is 30.5 Å². The smallest absolute Gasteiger partial charge is 0.417 e. The number of aliphatic carboxylic acids is 1. The summed E-state index contributed by atoms with van der Waals surface area (Å²) in [6, 6.07) is 5.52. The molecular weight excluding hydrogens is 327 g/mol. The molecule has 2 rings (SSSR count). The summed E-state index contributed by atoms with van der Waals surface area (Å²) in [5.74, 6) is -0.613. The number of halogens is 3. The highest BCUT2D eigenvalue weighted by Gasteiger charge is 2.57. The summed E-state index contributed by atoms with van der Waals surface area (Å²) in [7, 11) is 2.51. The van der Waals surface area contributed by atoms with E-state index in [2.05, 4.69) is 0 Å². The second-order valence-corrected chi connectivity index (χ2v) is 5.75. The lowest BCUT2D eigenvalue weighted by atomic mass is 9.89. The van der Waals surface area contributed by atoms with E-state index in [9.17, 15) is 23.1 Å². The van der Waals surface area contributed by atoms with Crippen LogP contribution in [-0.2, 0) is 9.53 Å². The Labute approximate surface area is 138 Å². The highest BCUT2D eigenvalue weighted by atomic mass is 19.4. The summed E-state index contributed by atoms with van der Waals surface area (Å²) in [6.45, 7) is -0.0525. The zero-order valence-electron chi connectivity index (χ0n) is 13.5. The predicted molar refractivity (Wildman–Crippen MR) is 80.0 cm³/mol. The summed E-state index contributed by atoms with van der Waals surface area (Å²) in [6.07, 6.45) is -5.09. The molecule has 1 aliphatic heterocycles. The van der Waals surface area contributed by atoms with Crippen molar-refractivity contribution < 1.29 is 32.5 Å². The molecule has 0 amide bonds. The molecule has 0 bridgehead atoms. The predicted octanol–water partition coefficient (Wildman–Crippen LogP) is 2.86. The number of hydrogen-bond acceptors (Lipinski definition) is 4. The number of hydrogen-bond donors (Lipinski definition) is 1. The third-order valence-electron chi connectivity index (χ3n) is 4.52. The molecule has 1 aliphatic rings. The van der Waals surface area contributed by atoms with Crippen molar-refractivity contribution in [3.05, 3.63) is 29.8 Å². The van der Waals surface area contributed by atoms with E-state index in [1.807, 2.05) is 0 Å². The van der Waals surface area contributed by atoms with Crippen molar-refractivity contribution >= 4 is 5.97 Å². The van der Waals surface area contributed by atoms with E-state index >= 15 is 0 Å². The van der Waals surface area contributed by atoms with Gasteiger partial charge in [-0.1, -0.05) is 12.1 Å². The van der Waals surface area contributed by atoms with Crippen LogP contribution in [0, 0.1) is 0 Å². The van der Waals surface area contributed by atoms with E-state index in [-0.39, 0.29) is 25.9 Å². The highest BCUT2D eigenvalue weighted by Crippen LogP contribution is 2.42. The maximum atomic E-state index is 13.2. The molecule has 1 N–H and O–H groups in total. The van der Waals surface area contributed by atoms with Crippen molar-refractivity contribution in [1.29, 1.82) is 0 Å². The normalized spacial score (nSPS) is 19.7. The summed E-state index contributed by atoms with van der Waals surface area (Å²) in [5.41, 5.74) is -1.74. The maximum absolute atomic E-state index is 13.2. The quantitative estimate of drug-likeness (QED) is 0.888. The lowest BCUT2D eigenvalue weighted by Crippen LogP contribution is -2.55. The first-order valence-electron chi connectivity index (χ1n) is 7.47. The minimum absolute atomic E-state index is 0.0263. The Kier molecular flexibility index (Phi) is 5.39. The van der Waals surface area contributed by atoms with Gasteiger partial charge in [-0.25, -0.2) is 0 Å². The molecule has 0 aliphatic carbocycles. The fourth-order valence-electron chi connectivity index (χ4n) is 3.07. The lowest BCUT2D eigenvalue weighted by molar-refractivity contribution is -0.283. The molecule has 0 saturated carbocycles. The first kappa shape index (κ1) is 18.5. The number of piperidine rings is 1. The standard InChI is InChI=1S/C16H20F3NO4/c1-23-12-5-3-4-11(10-12)13(14(21)22)20-8-6-15(24-2,7-9-20)16(17,18)19/h3-5,10,13H,6-9H2,1-2H3,(H,21,22). The molecule has 5 nitrogen and oxygen atoms in total. The molecule has 24 heavy (non-hydrogen) atoms. The molecule has 1 fully saturated rings. The second kappa shape index (κ2) is 6.98. The van der Waals surface area contributed by atoms with Gasteiger partial charge in [0.2, 0.25) is 0 Å². The molecule has 8 heteroatoms. The Morgan fingerprint density at radius 3 is 2.38 bits per heavy atom. The van der Waals surface area contributed by atoms with Crippen molar-refractivity contribution in [3.63, 3.8) is 0 Å². The number of benzene rings is 1. The summed E-state index contributed by atoms with van der Waals surface area (Å²) < 4.78 is 49.5. The fourth-order valence-corrected chi connectivity index (χ4v) is 3.07. The van der Waals surface area contributed by atoms with Crippen LogP contribution in [0.5, 0.6) is 5.75 Å². The Hall–Kier alpha value is -1.80. The maximum Gasteiger partial charge on any atom is 0.417 e. The van der Waals surface area contributed by atoms with Gasteiger partial charge in [0.25, 0.3) is 0 Å². The number of rotatable bonds is 5. The Morgan fingerprint density at radius 1 is 1.29 bits per heavy atom. The van der Waals surface area contributed by atoms with Crippen LogP contribution in [0.4, 0.5) is 13.2 Å². The molecule has 0 aromatic heterocycles. The molecule has 1 heterocycles. The van der Waals surface area contributed by atoms with Crippen LogP contribution in [0.15, 0.2) is 24.3 Å². The Morgan fingerprint density at radius 2 is 1.92 bits per heavy atom. The Balaban J connectivity index is 2.21. The third kappa shape index (κ3) is 3.49. The van der Waals surface area contributed by atoms with Crippen LogP contribution < -0.4 is 4.74 Å². The monoisotopic (exact) mass is 347 g/mol. The molecular formula is C16H20F3NO4. The van der Waals surface area contributed by atoms with E-state index in [1.165, 1.54) is 12.0 Å². The van der Waals surface area contributed by atoms with Crippen LogP contribution in [0.3, 0.4) is 0 Å². The third-order valence-corrected chi connectivity index (χ3v) is 4.52. The minimum Gasteiger partial charge on any atom is -0.497 e. The van der Waals surface area contributed by atoms with E-state index in [1.54, 1.807) is 24.3 Å². The van der Waals surface area contributed by atoms with Crippen molar-refractivity contribution in [2.24, 2.45) is 0 Å². The molecule has 1 unspecified atom stereocenters. The molecule has 0 spiro atoms. The zero-order valence-corrected chi connectivity index (χ0v) is 13.5. The summed E-state index contributed by atoms with van der Waals surface area (Å²) in [5, 5.41) is 9.55. The topological polar surface area (TPSA) is 59.0 Å². The largest absolute Gasteiger partial charge is 0.497 e. The Bertz CT molecular complexity index is 583.